The Morgan fingerprint density at radius 1 is 0.912 bits per heavy atom. The van der Waals surface area contributed by atoms with Crippen molar-refractivity contribution < 1.29 is 41.7 Å². The summed E-state index contributed by atoms with van der Waals surface area (Å²) in [5.41, 5.74) is -1.31. The van der Waals surface area contributed by atoms with Crippen LogP contribution in [0.25, 0.3) is 0 Å². The number of benzene rings is 1. The quantitative estimate of drug-likeness (QED) is 0.387. The standard InChI is InChI=1S/C24H30F3NO6/c1-6-31-21(29)17-14(5)28-20(23(33-8-3)34-9-4)19(22(30)32-7-2)18(17)15-12-10-11-13-16(15)24(25,26)27/h10-13,18,23,28H,6-9H2,1-5H3. The Bertz CT molecular complexity index is 948. The summed E-state index contributed by atoms with van der Waals surface area (Å²) < 4.78 is 63.7. The van der Waals surface area contributed by atoms with Gasteiger partial charge in [-0.15, -0.1) is 0 Å². The number of carbonyl (C=O) groups is 2. The summed E-state index contributed by atoms with van der Waals surface area (Å²) in [5.74, 6) is -3.18. The first-order valence-electron chi connectivity index (χ1n) is 11.1. The number of alkyl halides is 3. The molecule has 0 saturated heterocycles. The molecule has 0 aliphatic carbocycles. The molecule has 1 aromatic rings. The van der Waals surface area contributed by atoms with Crippen molar-refractivity contribution in [2.45, 2.75) is 53.0 Å². The maximum Gasteiger partial charge on any atom is 0.416 e. The maximum absolute atomic E-state index is 14.0. The lowest BCUT2D eigenvalue weighted by atomic mass is 9.78. The van der Waals surface area contributed by atoms with Crippen LogP contribution in [0.3, 0.4) is 0 Å². The van der Waals surface area contributed by atoms with Gasteiger partial charge in [0.25, 0.3) is 0 Å². The number of esters is 2. The van der Waals surface area contributed by atoms with E-state index in [1.54, 1.807) is 27.7 Å². The molecule has 0 saturated carbocycles. The van der Waals surface area contributed by atoms with Crippen molar-refractivity contribution in [1.82, 2.24) is 5.32 Å². The first kappa shape index (κ1) is 27.4. The Morgan fingerprint density at radius 3 is 1.94 bits per heavy atom. The van der Waals surface area contributed by atoms with E-state index in [0.29, 0.717) is 0 Å². The second-order valence-electron chi connectivity index (χ2n) is 7.19. The van der Waals surface area contributed by atoms with E-state index in [0.717, 1.165) is 6.07 Å². The third-order valence-electron chi connectivity index (χ3n) is 5.03. The van der Waals surface area contributed by atoms with Gasteiger partial charge in [0.2, 0.25) is 0 Å². The number of ether oxygens (including phenoxy) is 4. The molecule has 7 nitrogen and oxygen atoms in total. The van der Waals surface area contributed by atoms with E-state index in [4.69, 9.17) is 18.9 Å². The molecular weight excluding hydrogens is 455 g/mol. The van der Waals surface area contributed by atoms with E-state index >= 15 is 0 Å². The number of allylic oxidation sites excluding steroid dienone is 1. The first-order chi connectivity index (χ1) is 16.1. The Hall–Kier alpha value is -2.85. The minimum atomic E-state index is -4.74. The highest BCUT2D eigenvalue weighted by Crippen LogP contribution is 2.45. The molecule has 1 N–H and O–H groups in total. The molecule has 188 valence electrons. The normalized spacial score (nSPS) is 16.6. The zero-order valence-electron chi connectivity index (χ0n) is 19.9. The Morgan fingerprint density at radius 2 is 1.44 bits per heavy atom. The second-order valence-corrected chi connectivity index (χ2v) is 7.19. The van der Waals surface area contributed by atoms with Crippen molar-refractivity contribution in [2.24, 2.45) is 0 Å². The number of halogens is 3. The summed E-state index contributed by atoms with van der Waals surface area (Å²) in [6.45, 7) is 8.45. The van der Waals surface area contributed by atoms with E-state index in [1.807, 2.05) is 0 Å². The van der Waals surface area contributed by atoms with E-state index < -0.39 is 35.9 Å². The lowest BCUT2D eigenvalue weighted by Gasteiger charge is -2.35. The molecule has 1 aliphatic rings. The van der Waals surface area contributed by atoms with Crippen LogP contribution in [-0.4, -0.2) is 44.7 Å². The van der Waals surface area contributed by atoms with Crippen LogP contribution >= 0.6 is 0 Å². The zero-order chi connectivity index (χ0) is 25.5. The summed E-state index contributed by atoms with van der Waals surface area (Å²) in [6, 6.07) is 4.79. The predicted octanol–water partition coefficient (Wildman–Crippen LogP) is 4.45. The van der Waals surface area contributed by atoms with Gasteiger partial charge in [0.05, 0.1) is 41.5 Å². The number of rotatable bonds is 10. The highest BCUT2D eigenvalue weighted by Gasteiger charge is 2.45. The smallest absolute Gasteiger partial charge is 0.416 e. The lowest BCUT2D eigenvalue weighted by molar-refractivity contribution is -0.143. The van der Waals surface area contributed by atoms with Gasteiger partial charge >= 0.3 is 18.1 Å². The molecule has 1 unspecified atom stereocenters. The average Bonchev–Trinajstić information content (AvgIpc) is 2.77. The molecule has 1 aliphatic heterocycles. The Kier molecular flexibility index (Phi) is 9.69. The highest BCUT2D eigenvalue weighted by atomic mass is 19.4. The zero-order valence-corrected chi connectivity index (χ0v) is 19.9. The van der Waals surface area contributed by atoms with Crippen molar-refractivity contribution in [1.29, 1.82) is 0 Å². The van der Waals surface area contributed by atoms with Crippen LogP contribution < -0.4 is 5.32 Å². The van der Waals surface area contributed by atoms with E-state index in [-0.39, 0.29) is 54.5 Å². The van der Waals surface area contributed by atoms with Crippen molar-refractivity contribution >= 4 is 11.9 Å². The van der Waals surface area contributed by atoms with Gasteiger partial charge in [-0.05, 0) is 46.2 Å². The fraction of sp³-hybridized carbons (Fsp3) is 0.500. The summed E-state index contributed by atoms with van der Waals surface area (Å²) in [4.78, 5) is 26.2. The summed E-state index contributed by atoms with van der Waals surface area (Å²) in [5, 5.41) is 2.95. The van der Waals surface area contributed by atoms with Crippen molar-refractivity contribution in [2.75, 3.05) is 26.4 Å². The minimum absolute atomic E-state index is 0.00488. The van der Waals surface area contributed by atoms with Gasteiger partial charge in [-0.2, -0.15) is 13.2 Å². The van der Waals surface area contributed by atoms with Gasteiger partial charge < -0.3 is 24.3 Å². The average molecular weight is 485 g/mol. The molecule has 2 rings (SSSR count). The van der Waals surface area contributed by atoms with Gasteiger partial charge in [0.1, 0.15) is 0 Å². The lowest BCUT2D eigenvalue weighted by Crippen LogP contribution is -2.39. The molecule has 0 amide bonds. The van der Waals surface area contributed by atoms with Crippen molar-refractivity contribution in [3.8, 4) is 0 Å². The molecule has 1 aromatic carbocycles. The SMILES string of the molecule is CCOC(=O)C1=C(C)NC(C(OCC)OCC)=C(C(=O)OCC)C1c1ccccc1C(F)(F)F. The predicted molar refractivity (Wildman–Crippen MR) is 117 cm³/mol. The van der Waals surface area contributed by atoms with E-state index in [1.165, 1.54) is 25.1 Å². The number of hydrogen-bond donors (Lipinski definition) is 1. The number of carbonyl (C=O) groups excluding carboxylic acids is 2. The van der Waals surface area contributed by atoms with Gasteiger partial charge in [-0.25, -0.2) is 9.59 Å². The monoisotopic (exact) mass is 485 g/mol. The van der Waals surface area contributed by atoms with Crippen LogP contribution in [0.15, 0.2) is 46.8 Å². The van der Waals surface area contributed by atoms with Gasteiger partial charge in [-0.3, -0.25) is 0 Å². The number of nitrogens with one attached hydrogen (secondary N) is 1. The van der Waals surface area contributed by atoms with Crippen molar-refractivity contribution in [3.63, 3.8) is 0 Å². The molecular formula is C24H30F3NO6. The maximum atomic E-state index is 14.0. The molecule has 0 aromatic heterocycles. The highest BCUT2D eigenvalue weighted by molar-refractivity contribution is 6.00. The topological polar surface area (TPSA) is 83.1 Å². The largest absolute Gasteiger partial charge is 0.463 e. The third kappa shape index (κ3) is 5.98. The van der Waals surface area contributed by atoms with Crippen LogP contribution in [0.2, 0.25) is 0 Å². The summed E-state index contributed by atoms with van der Waals surface area (Å²) in [6.07, 6.45) is -5.84. The van der Waals surface area contributed by atoms with Crippen LogP contribution in [0.1, 0.15) is 51.7 Å². The second kappa shape index (κ2) is 12.0. The molecule has 0 bridgehead atoms. The van der Waals surface area contributed by atoms with Crippen molar-refractivity contribution in [3.05, 3.63) is 57.9 Å². The molecule has 1 atom stereocenters. The van der Waals surface area contributed by atoms with E-state index in [9.17, 15) is 22.8 Å². The minimum Gasteiger partial charge on any atom is -0.463 e. The summed E-state index contributed by atoms with van der Waals surface area (Å²) >= 11 is 0. The van der Waals surface area contributed by atoms with Gasteiger partial charge in [-0.1, -0.05) is 18.2 Å². The molecule has 0 radical (unpaired) electrons. The fourth-order valence-corrected chi connectivity index (χ4v) is 3.79. The molecule has 10 heteroatoms. The Labute approximate surface area is 196 Å². The van der Waals surface area contributed by atoms with Crippen LogP contribution in [0.4, 0.5) is 13.2 Å². The molecule has 0 spiro atoms. The Balaban J connectivity index is 2.93. The summed E-state index contributed by atoms with van der Waals surface area (Å²) in [7, 11) is 0. The first-order valence-corrected chi connectivity index (χ1v) is 11.1. The van der Waals surface area contributed by atoms with Crippen LogP contribution in [0.5, 0.6) is 0 Å². The molecule has 0 fully saturated rings. The van der Waals surface area contributed by atoms with Gasteiger partial charge in [0.15, 0.2) is 6.29 Å². The third-order valence-corrected chi connectivity index (χ3v) is 5.03. The molecule has 34 heavy (non-hydrogen) atoms. The van der Waals surface area contributed by atoms with Crippen LogP contribution in [0, 0.1) is 0 Å². The molecule has 1 heterocycles. The number of hydrogen-bond acceptors (Lipinski definition) is 7. The number of dihydropyridines is 1. The van der Waals surface area contributed by atoms with Crippen LogP contribution in [-0.2, 0) is 34.7 Å². The fourth-order valence-electron chi connectivity index (χ4n) is 3.79. The van der Waals surface area contributed by atoms with Gasteiger partial charge in [0, 0.05) is 18.9 Å². The van der Waals surface area contributed by atoms with E-state index in [2.05, 4.69) is 5.32 Å².